The molecule has 1 aliphatic rings. The van der Waals surface area contributed by atoms with Gasteiger partial charge in [0, 0.05) is 11.1 Å². The number of hydrogen-bond donors (Lipinski definition) is 1. The summed E-state index contributed by atoms with van der Waals surface area (Å²) in [7, 11) is -1.66. The quantitative estimate of drug-likeness (QED) is 0.643. The molecule has 25 heavy (non-hydrogen) atoms. The van der Waals surface area contributed by atoms with E-state index in [9.17, 15) is 0 Å². The van der Waals surface area contributed by atoms with Gasteiger partial charge in [0.15, 0.2) is 0 Å². The minimum absolute atomic E-state index is 0. The minimum atomic E-state index is -1.66. The molecule has 1 atom stereocenters. The maximum absolute atomic E-state index is 3.97. The van der Waals surface area contributed by atoms with Gasteiger partial charge >= 0.3 is 21.7 Å². The van der Waals surface area contributed by atoms with Crippen molar-refractivity contribution in [1.29, 1.82) is 0 Å². The summed E-state index contributed by atoms with van der Waals surface area (Å²) in [4.78, 5) is 3.97. The summed E-state index contributed by atoms with van der Waals surface area (Å²) < 4.78 is 0. The van der Waals surface area contributed by atoms with Crippen molar-refractivity contribution >= 4 is 14.3 Å². The van der Waals surface area contributed by atoms with Crippen LogP contribution < -0.4 is 4.98 Å². The molecule has 1 nitrogen and oxygen atoms in total. The fourth-order valence-electron chi connectivity index (χ4n) is 4.42. The molecule has 2 aromatic rings. The van der Waals surface area contributed by atoms with E-state index in [0.29, 0.717) is 5.54 Å². The predicted octanol–water partition coefficient (Wildman–Crippen LogP) is 5.98. The summed E-state index contributed by atoms with van der Waals surface area (Å²) in [6.07, 6.45) is 2.42. The summed E-state index contributed by atoms with van der Waals surface area (Å²) in [6, 6.07) is 17.6. The van der Waals surface area contributed by atoms with E-state index in [2.05, 4.69) is 100 Å². The van der Waals surface area contributed by atoms with Gasteiger partial charge in [0.05, 0.1) is 0 Å². The Morgan fingerprint density at radius 1 is 0.920 bits per heavy atom. The molecule has 3 rings (SSSR count). The van der Waals surface area contributed by atoms with Crippen molar-refractivity contribution in [2.45, 2.75) is 51.9 Å². The zero-order valence-corrected chi connectivity index (χ0v) is 18.8. The number of rotatable bonds is 3. The Hall–Kier alpha value is -0.929. The zero-order valence-electron chi connectivity index (χ0n) is 16.3. The fourth-order valence-corrected chi connectivity index (χ4v) is 8.75. The molecule has 0 saturated heterocycles. The van der Waals surface area contributed by atoms with Gasteiger partial charge in [0.2, 0.25) is 0 Å². The minimum Gasteiger partial charge on any atom is -0.332 e. The van der Waals surface area contributed by atoms with Gasteiger partial charge in [-0.15, -0.1) is 0 Å². The molecule has 0 heterocycles. The van der Waals surface area contributed by atoms with Gasteiger partial charge in [-0.3, -0.25) is 0 Å². The van der Waals surface area contributed by atoms with Crippen molar-refractivity contribution < 1.29 is 21.7 Å². The molecular formula is C22H29NSiTi+2. The molecule has 1 unspecified atom stereocenters. The number of nitrogens with one attached hydrogen (secondary N) is 1. The smallest absolute Gasteiger partial charge is 0.332 e. The summed E-state index contributed by atoms with van der Waals surface area (Å²) in [5.41, 5.74) is 7.77. The zero-order chi connectivity index (χ0) is 17.5. The Morgan fingerprint density at radius 2 is 1.56 bits per heavy atom. The molecule has 0 aliphatic heterocycles. The number of fused-ring (bicyclic) bond motifs is 1. The van der Waals surface area contributed by atoms with E-state index in [1.165, 1.54) is 27.8 Å². The van der Waals surface area contributed by atoms with Crippen LogP contribution in [0, 0.1) is 0 Å². The van der Waals surface area contributed by atoms with Crippen LogP contribution in [0.3, 0.4) is 0 Å². The molecular weight excluding hydrogens is 354 g/mol. The van der Waals surface area contributed by atoms with Crippen LogP contribution in [0.15, 0.2) is 54.1 Å². The number of hydrogen-bond acceptors (Lipinski definition) is 1. The maximum Gasteiger partial charge on any atom is 2.00 e. The van der Waals surface area contributed by atoms with Gasteiger partial charge in [-0.05, 0) is 49.9 Å². The number of allylic oxidation sites excluding steroid dienone is 1. The molecule has 0 spiro atoms. The van der Waals surface area contributed by atoms with Crippen LogP contribution in [-0.4, -0.2) is 13.8 Å². The average molecular weight is 383 g/mol. The van der Waals surface area contributed by atoms with Crippen LogP contribution in [0.4, 0.5) is 0 Å². The largest absolute Gasteiger partial charge is 2.00 e. The third-order valence-electron chi connectivity index (χ3n) is 4.78. The summed E-state index contributed by atoms with van der Waals surface area (Å²) in [6.45, 7) is 14.1. The number of benzene rings is 2. The van der Waals surface area contributed by atoms with Crippen molar-refractivity contribution in [3.63, 3.8) is 0 Å². The van der Waals surface area contributed by atoms with Crippen molar-refractivity contribution in [2.75, 3.05) is 0 Å². The second kappa shape index (κ2) is 7.36. The molecule has 0 bridgehead atoms. The second-order valence-corrected chi connectivity index (χ2v) is 12.9. The Bertz CT molecular complexity index is 772. The molecule has 0 radical (unpaired) electrons. The molecule has 3 heteroatoms. The summed E-state index contributed by atoms with van der Waals surface area (Å²) >= 11 is 0. The molecule has 0 aromatic heterocycles. The van der Waals surface area contributed by atoms with E-state index >= 15 is 0 Å². The molecule has 0 saturated carbocycles. The van der Waals surface area contributed by atoms with E-state index in [-0.39, 0.29) is 27.3 Å². The monoisotopic (exact) mass is 383 g/mol. The average Bonchev–Trinajstić information content (AvgIpc) is 2.82. The van der Waals surface area contributed by atoms with Crippen LogP contribution >= 0.6 is 0 Å². The van der Waals surface area contributed by atoms with Gasteiger partial charge in [-0.2, -0.15) is 0 Å². The maximum atomic E-state index is 3.97. The van der Waals surface area contributed by atoms with E-state index in [4.69, 9.17) is 0 Å². The molecule has 0 amide bonds. The topological polar surface area (TPSA) is 12.0 Å². The van der Waals surface area contributed by atoms with Crippen LogP contribution in [0.1, 0.15) is 44.4 Å². The first-order chi connectivity index (χ1) is 11.2. The van der Waals surface area contributed by atoms with Gasteiger partial charge in [-0.25, -0.2) is 0 Å². The Kier molecular flexibility index (Phi) is 6.00. The van der Waals surface area contributed by atoms with E-state index < -0.39 is 8.24 Å². The van der Waals surface area contributed by atoms with Crippen molar-refractivity contribution in [1.82, 2.24) is 4.98 Å². The first kappa shape index (κ1) is 20.4. The SMILES string of the molecule is CC1=Cc2c(-c3ccccc3)cccc2C1[Si](C)(C)NC(C)(C)C.[Ti+2]. The van der Waals surface area contributed by atoms with Gasteiger partial charge in [-0.1, -0.05) is 73.3 Å². The first-order valence-electron chi connectivity index (χ1n) is 8.85. The van der Waals surface area contributed by atoms with Gasteiger partial charge < -0.3 is 4.98 Å². The summed E-state index contributed by atoms with van der Waals surface area (Å²) in [5.74, 6) is 0. The van der Waals surface area contributed by atoms with Crippen molar-refractivity contribution in [3.8, 4) is 11.1 Å². The Labute approximate surface area is 168 Å². The van der Waals surface area contributed by atoms with Gasteiger partial charge in [0.1, 0.15) is 8.24 Å². The van der Waals surface area contributed by atoms with Crippen molar-refractivity contribution in [3.05, 3.63) is 65.2 Å². The standard InChI is InChI=1S/C22H29NSi.Ti/c1-16-15-20-18(17-11-8-7-9-12-17)13-10-14-19(20)21(16)24(5,6)23-22(2,3)4;/h7-15,21,23H,1-6H3;/q;+2. The molecule has 2 aromatic carbocycles. The normalized spacial score (nSPS) is 16.9. The Morgan fingerprint density at radius 3 is 2.16 bits per heavy atom. The van der Waals surface area contributed by atoms with Crippen LogP contribution in [-0.2, 0) is 21.7 Å². The van der Waals surface area contributed by atoms with Crippen LogP contribution in [0.25, 0.3) is 17.2 Å². The fraction of sp³-hybridized carbons (Fsp3) is 0.364. The molecule has 1 N–H and O–H groups in total. The third-order valence-corrected chi connectivity index (χ3v) is 8.39. The molecule has 0 fully saturated rings. The van der Waals surface area contributed by atoms with E-state index in [1.54, 1.807) is 0 Å². The van der Waals surface area contributed by atoms with Gasteiger partial charge in [0.25, 0.3) is 0 Å². The Balaban J connectivity index is 0.00000225. The van der Waals surface area contributed by atoms with E-state index in [0.717, 1.165) is 0 Å². The van der Waals surface area contributed by atoms with Crippen molar-refractivity contribution in [2.24, 2.45) is 0 Å². The van der Waals surface area contributed by atoms with Crippen LogP contribution in [0.5, 0.6) is 0 Å². The third kappa shape index (κ3) is 4.25. The second-order valence-electron chi connectivity index (χ2n) is 8.59. The predicted molar refractivity (Wildman–Crippen MR) is 109 cm³/mol. The van der Waals surface area contributed by atoms with E-state index in [1.807, 2.05) is 0 Å². The van der Waals surface area contributed by atoms with Crippen LogP contribution in [0.2, 0.25) is 13.1 Å². The first-order valence-corrected chi connectivity index (χ1v) is 11.9. The molecule has 128 valence electrons. The summed E-state index contributed by atoms with van der Waals surface area (Å²) in [5, 5.41) is 0. The molecule has 1 aliphatic carbocycles.